The van der Waals surface area contributed by atoms with E-state index >= 15 is 0 Å². The van der Waals surface area contributed by atoms with Crippen LogP contribution in [0.1, 0.15) is 25.8 Å². The lowest BCUT2D eigenvalue weighted by atomic mass is 10.2. The fourth-order valence-corrected chi connectivity index (χ4v) is 2.80. The van der Waals surface area contributed by atoms with E-state index in [2.05, 4.69) is 19.2 Å². The monoisotopic (exact) mass is 285 g/mol. The van der Waals surface area contributed by atoms with Crippen molar-refractivity contribution in [2.45, 2.75) is 31.7 Å². The van der Waals surface area contributed by atoms with Crippen LogP contribution in [0.25, 0.3) is 0 Å². The van der Waals surface area contributed by atoms with Crippen LogP contribution in [0.4, 0.5) is 4.39 Å². The minimum Gasteiger partial charge on any atom is -0.383 e. The van der Waals surface area contributed by atoms with Gasteiger partial charge in [-0.05, 0) is 18.1 Å². The summed E-state index contributed by atoms with van der Waals surface area (Å²) in [5.74, 6) is 1.56. The largest absolute Gasteiger partial charge is 0.383 e. The molecule has 0 fully saturated rings. The van der Waals surface area contributed by atoms with E-state index in [0.717, 1.165) is 29.2 Å². The summed E-state index contributed by atoms with van der Waals surface area (Å²) in [6.45, 7) is 6.34. The fourth-order valence-electron chi connectivity index (χ4n) is 1.58. The highest BCUT2D eigenvalue weighted by atomic mass is 32.2. The Hall–Kier alpha value is -0.580. The molecule has 0 aromatic heterocycles. The van der Waals surface area contributed by atoms with Gasteiger partial charge in [0.1, 0.15) is 5.82 Å². The van der Waals surface area contributed by atoms with Gasteiger partial charge in [0, 0.05) is 36.4 Å². The molecule has 0 saturated carbocycles. The number of methoxy groups -OCH3 is 1. The van der Waals surface area contributed by atoms with Gasteiger partial charge in [-0.3, -0.25) is 0 Å². The molecule has 0 aliphatic heterocycles. The lowest BCUT2D eigenvalue weighted by Gasteiger charge is -2.13. The van der Waals surface area contributed by atoms with Gasteiger partial charge in [-0.25, -0.2) is 4.39 Å². The molecule has 0 amide bonds. The third-order valence-corrected chi connectivity index (χ3v) is 4.51. The molecule has 4 heteroatoms. The molecular weight excluding hydrogens is 261 g/mol. The maximum atomic E-state index is 13.9. The Balaban J connectivity index is 2.61. The van der Waals surface area contributed by atoms with Crippen molar-refractivity contribution in [1.82, 2.24) is 5.32 Å². The van der Waals surface area contributed by atoms with Crippen molar-refractivity contribution in [2.75, 3.05) is 26.0 Å². The highest BCUT2D eigenvalue weighted by Crippen LogP contribution is 2.27. The first-order chi connectivity index (χ1) is 9.19. The average molecular weight is 285 g/mol. The van der Waals surface area contributed by atoms with Gasteiger partial charge in [0.2, 0.25) is 0 Å². The van der Waals surface area contributed by atoms with Crippen LogP contribution in [0.3, 0.4) is 0 Å². The van der Waals surface area contributed by atoms with E-state index in [1.165, 1.54) is 6.07 Å². The predicted molar refractivity (Wildman–Crippen MR) is 80.2 cm³/mol. The summed E-state index contributed by atoms with van der Waals surface area (Å²) in [5.41, 5.74) is 0.770. The molecule has 1 unspecified atom stereocenters. The smallest absolute Gasteiger partial charge is 0.128 e. The first kappa shape index (κ1) is 16.5. The lowest BCUT2D eigenvalue weighted by Crippen LogP contribution is -2.19. The second-order valence-corrected chi connectivity index (χ2v) is 5.77. The molecule has 1 atom stereocenters. The van der Waals surface area contributed by atoms with Crippen molar-refractivity contribution in [1.29, 1.82) is 0 Å². The third-order valence-electron chi connectivity index (χ3n) is 3.08. The Labute approximate surface area is 120 Å². The van der Waals surface area contributed by atoms with Crippen LogP contribution in [0.5, 0.6) is 0 Å². The van der Waals surface area contributed by atoms with Gasteiger partial charge in [-0.1, -0.05) is 26.3 Å². The molecule has 0 heterocycles. The minimum absolute atomic E-state index is 0.126. The molecular formula is C15H24FNOS. The van der Waals surface area contributed by atoms with Gasteiger partial charge in [-0.15, -0.1) is 11.8 Å². The summed E-state index contributed by atoms with van der Waals surface area (Å²) in [6, 6.07) is 5.32. The van der Waals surface area contributed by atoms with Crippen LogP contribution in [-0.4, -0.2) is 26.0 Å². The maximum absolute atomic E-state index is 13.9. The second-order valence-electron chi connectivity index (χ2n) is 4.71. The Kier molecular flexibility index (Phi) is 8.10. The number of rotatable bonds is 9. The van der Waals surface area contributed by atoms with E-state index in [9.17, 15) is 4.39 Å². The molecule has 1 rings (SSSR count). The number of nitrogens with one attached hydrogen (secondary N) is 1. The van der Waals surface area contributed by atoms with E-state index in [1.807, 2.05) is 6.07 Å². The Morgan fingerprint density at radius 3 is 2.89 bits per heavy atom. The number of hydrogen-bond donors (Lipinski definition) is 1. The molecule has 0 bridgehead atoms. The Bertz CT molecular complexity index is 373. The molecule has 108 valence electrons. The fraction of sp³-hybridized carbons (Fsp3) is 0.600. The molecule has 0 radical (unpaired) electrons. The van der Waals surface area contributed by atoms with Crippen LogP contribution in [0.2, 0.25) is 0 Å². The van der Waals surface area contributed by atoms with Crippen LogP contribution in [0.15, 0.2) is 23.1 Å². The first-order valence-corrected chi connectivity index (χ1v) is 7.77. The van der Waals surface area contributed by atoms with Crippen molar-refractivity contribution < 1.29 is 9.13 Å². The van der Waals surface area contributed by atoms with Gasteiger partial charge in [0.15, 0.2) is 0 Å². The van der Waals surface area contributed by atoms with Crippen molar-refractivity contribution in [2.24, 2.45) is 5.92 Å². The molecule has 1 aromatic carbocycles. The number of ether oxygens (including phenoxy) is 1. The first-order valence-electron chi connectivity index (χ1n) is 6.78. The van der Waals surface area contributed by atoms with Gasteiger partial charge in [0.05, 0.1) is 6.61 Å². The summed E-state index contributed by atoms with van der Waals surface area (Å²) in [5, 5.41) is 3.21. The van der Waals surface area contributed by atoms with Gasteiger partial charge < -0.3 is 10.1 Å². The van der Waals surface area contributed by atoms with Crippen LogP contribution >= 0.6 is 11.8 Å². The number of benzene rings is 1. The van der Waals surface area contributed by atoms with E-state index in [4.69, 9.17) is 4.74 Å². The summed E-state index contributed by atoms with van der Waals surface area (Å²) in [7, 11) is 1.66. The molecule has 0 saturated heterocycles. The summed E-state index contributed by atoms with van der Waals surface area (Å²) in [6.07, 6.45) is 1.16. The number of thioether (sulfide) groups is 1. The highest BCUT2D eigenvalue weighted by molar-refractivity contribution is 7.99. The second kappa shape index (κ2) is 9.34. The van der Waals surface area contributed by atoms with Crippen LogP contribution < -0.4 is 5.32 Å². The minimum atomic E-state index is -0.126. The van der Waals surface area contributed by atoms with Gasteiger partial charge >= 0.3 is 0 Å². The lowest BCUT2D eigenvalue weighted by molar-refractivity contribution is 0.199. The summed E-state index contributed by atoms with van der Waals surface area (Å²) in [4.78, 5) is 1.05. The van der Waals surface area contributed by atoms with Crippen molar-refractivity contribution >= 4 is 11.8 Å². The topological polar surface area (TPSA) is 21.3 Å². The Morgan fingerprint density at radius 1 is 1.42 bits per heavy atom. The molecule has 2 nitrogen and oxygen atoms in total. The van der Waals surface area contributed by atoms with Crippen LogP contribution in [0, 0.1) is 11.7 Å². The normalized spacial score (nSPS) is 12.6. The van der Waals surface area contributed by atoms with E-state index in [1.54, 1.807) is 24.9 Å². The zero-order chi connectivity index (χ0) is 14.1. The third kappa shape index (κ3) is 5.93. The van der Waals surface area contributed by atoms with E-state index in [-0.39, 0.29) is 5.82 Å². The van der Waals surface area contributed by atoms with E-state index < -0.39 is 0 Å². The molecule has 0 aliphatic carbocycles. The van der Waals surface area contributed by atoms with Gasteiger partial charge in [-0.2, -0.15) is 0 Å². The molecule has 0 spiro atoms. The van der Waals surface area contributed by atoms with Gasteiger partial charge in [0.25, 0.3) is 0 Å². The average Bonchev–Trinajstić information content (AvgIpc) is 2.42. The predicted octanol–water partition coefficient (Wildman–Crippen LogP) is 3.70. The zero-order valence-electron chi connectivity index (χ0n) is 12.0. The number of halogens is 1. The zero-order valence-corrected chi connectivity index (χ0v) is 12.9. The standard InChI is InChI=1S/C15H24FNOS/c1-4-12(2)11-19-15-7-5-6-14(16)13(15)10-17-8-9-18-3/h5-7,12,17H,4,8-11H2,1-3H3. The summed E-state index contributed by atoms with van der Waals surface area (Å²) < 4.78 is 18.9. The Morgan fingerprint density at radius 2 is 2.21 bits per heavy atom. The van der Waals surface area contributed by atoms with Crippen LogP contribution in [-0.2, 0) is 11.3 Å². The number of hydrogen-bond acceptors (Lipinski definition) is 3. The molecule has 19 heavy (non-hydrogen) atoms. The molecule has 1 aromatic rings. The van der Waals surface area contributed by atoms with E-state index in [0.29, 0.717) is 19.1 Å². The SMILES string of the molecule is CCC(C)CSc1cccc(F)c1CNCCOC. The van der Waals surface area contributed by atoms with Crippen molar-refractivity contribution in [3.63, 3.8) is 0 Å². The molecule has 0 aliphatic rings. The highest BCUT2D eigenvalue weighted by Gasteiger charge is 2.09. The maximum Gasteiger partial charge on any atom is 0.128 e. The summed E-state index contributed by atoms with van der Waals surface area (Å²) >= 11 is 1.75. The molecule has 1 N–H and O–H groups in total. The van der Waals surface area contributed by atoms with Crippen molar-refractivity contribution in [3.8, 4) is 0 Å². The quantitative estimate of drug-likeness (QED) is 0.552. The van der Waals surface area contributed by atoms with Crippen molar-refractivity contribution in [3.05, 3.63) is 29.6 Å².